The van der Waals surface area contributed by atoms with Crippen LogP contribution in [0.5, 0.6) is 0 Å². The number of hydrogen-bond donors (Lipinski definition) is 3. The number of hydrogen-bond acceptors (Lipinski definition) is 6. The molecule has 6 nitrogen and oxygen atoms in total. The molecule has 15 heavy (non-hydrogen) atoms. The first-order valence-corrected chi connectivity index (χ1v) is 4.80. The molecule has 0 saturated carbocycles. The Labute approximate surface area is 87.4 Å². The highest BCUT2D eigenvalue weighted by atomic mass is 16.6. The summed E-state index contributed by atoms with van der Waals surface area (Å²) in [6.07, 6.45) is -3.39. The Morgan fingerprint density at radius 2 is 2.27 bits per heavy atom. The summed E-state index contributed by atoms with van der Waals surface area (Å²) in [5.41, 5.74) is 0. The molecule has 1 unspecified atom stereocenters. The number of esters is 1. The average Bonchev–Trinajstić information content (AvgIpc) is 2.14. The first-order chi connectivity index (χ1) is 7.00. The van der Waals surface area contributed by atoms with Crippen molar-refractivity contribution in [1.82, 2.24) is 0 Å². The van der Waals surface area contributed by atoms with Crippen molar-refractivity contribution >= 4 is 5.97 Å². The van der Waals surface area contributed by atoms with E-state index in [-0.39, 0.29) is 19.6 Å². The van der Waals surface area contributed by atoms with Crippen molar-refractivity contribution < 1.29 is 29.6 Å². The Morgan fingerprint density at radius 1 is 1.60 bits per heavy atom. The van der Waals surface area contributed by atoms with Gasteiger partial charge in [-0.2, -0.15) is 0 Å². The molecule has 1 rings (SSSR count). The van der Waals surface area contributed by atoms with Crippen LogP contribution in [0.4, 0.5) is 0 Å². The van der Waals surface area contributed by atoms with E-state index in [0.717, 1.165) is 0 Å². The smallest absolute Gasteiger partial charge is 0.302 e. The van der Waals surface area contributed by atoms with E-state index in [0.29, 0.717) is 0 Å². The van der Waals surface area contributed by atoms with E-state index < -0.39 is 30.4 Å². The van der Waals surface area contributed by atoms with Gasteiger partial charge in [-0.1, -0.05) is 0 Å². The number of aliphatic hydroxyl groups excluding tert-OH is 3. The molecule has 1 fully saturated rings. The average molecular weight is 220 g/mol. The van der Waals surface area contributed by atoms with Gasteiger partial charge in [0.1, 0.15) is 18.8 Å². The van der Waals surface area contributed by atoms with Crippen molar-refractivity contribution in [3.05, 3.63) is 0 Å². The maximum Gasteiger partial charge on any atom is 0.302 e. The monoisotopic (exact) mass is 220 g/mol. The third kappa shape index (κ3) is 3.75. The summed E-state index contributed by atoms with van der Waals surface area (Å²) < 4.78 is 9.64. The van der Waals surface area contributed by atoms with Gasteiger partial charge in [0, 0.05) is 13.3 Å². The molecule has 0 aromatic rings. The lowest BCUT2D eigenvalue weighted by molar-refractivity contribution is -0.175. The fourth-order valence-corrected chi connectivity index (χ4v) is 1.48. The molecule has 0 radical (unpaired) electrons. The number of aliphatic hydroxyl groups is 3. The molecule has 0 aromatic carbocycles. The summed E-state index contributed by atoms with van der Waals surface area (Å²) in [4.78, 5) is 10.5. The number of carbonyl (C=O) groups is 1. The van der Waals surface area contributed by atoms with Crippen molar-refractivity contribution in [3.8, 4) is 0 Å². The second-order valence-corrected chi connectivity index (χ2v) is 3.62. The molecule has 1 aliphatic rings. The van der Waals surface area contributed by atoms with E-state index in [1.165, 1.54) is 6.92 Å². The molecule has 0 aliphatic carbocycles. The van der Waals surface area contributed by atoms with Gasteiger partial charge in [-0.25, -0.2) is 0 Å². The van der Waals surface area contributed by atoms with Crippen molar-refractivity contribution in [2.24, 2.45) is 0 Å². The zero-order valence-corrected chi connectivity index (χ0v) is 8.50. The highest BCUT2D eigenvalue weighted by molar-refractivity contribution is 5.65. The van der Waals surface area contributed by atoms with Gasteiger partial charge in [-0.05, 0) is 0 Å². The summed E-state index contributed by atoms with van der Waals surface area (Å²) in [6.45, 7) is 1.08. The van der Waals surface area contributed by atoms with E-state index in [4.69, 9.17) is 9.84 Å². The second-order valence-electron chi connectivity index (χ2n) is 3.62. The van der Waals surface area contributed by atoms with E-state index in [2.05, 4.69) is 4.74 Å². The first kappa shape index (κ1) is 12.4. The lowest BCUT2D eigenvalue weighted by Gasteiger charge is -2.33. The van der Waals surface area contributed by atoms with Gasteiger partial charge in [0.2, 0.25) is 0 Å². The maximum absolute atomic E-state index is 10.5. The van der Waals surface area contributed by atoms with Gasteiger partial charge in [0.05, 0.1) is 18.8 Å². The summed E-state index contributed by atoms with van der Waals surface area (Å²) in [5.74, 6) is -0.501. The molecular weight excluding hydrogens is 204 g/mol. The highest BCUT2D eigenvalue weighted by Crippen LogP contribution is 2.17. The van der Waals surface area contributed by atoms with Crippen LogP contribution in [-0.4, -0.2) is 58.9 Å². The molecule has 1 saturated heterocycles. The van der Waals surface area contributed by atoms with Crippen LogP contribution in [-0.2, 0) is 14.3 Å². The van der Waals surface area contributed by atoms with E-state index >= 15 is 0 Å². The van der Waals surface area contributed by atoms with Crippen LogP contribution in [0.2, 0.25) is 0 Å². The van der Waals surface area contributed by atoms with Crippen LogP contribution in [0.15, 0.2) is 0 Å². The SMILES string of the molecule is CC(=O)OC[C@@H](O)[C@H]1OC[C@@H](O)CC1O. The largest absolute Gasteiger partial charge is 0.463 e. The molecule has 0 amide bonds. The third-order valence-electron chi connectivity index (χ3n) is 2.21. The first-order valence-electron chi connectivity index (χ1n) is 4.80. The number of rotatable bonds is 3. The fraction of sp³-hybridized carbons (Fsp3) is 0.889. The van der Waals surface area contributed by atoms with Crippen molar-refractivity contribution in [2.75, 3.05) is 13.2 Å². The zero-order chi connectivity index (χ0) is 11.4. The molecule has 0 aromatic heterocycles. The molecule has 6 heteroatoms. The Hall–Kier alpha value is -0.690. The van der Waals surface area contributed by atoms with Crippen LogP contribution >= 0.6 is 0 Å². The van der Waals surface area contributed by atoms with Gasteiger partial charge in [0.25, 0.3) is 0 Å². The van der Waals surface area contributed by atoms with Crippen LogP contribution < -0.4 is 0 Å². The van der Waals surface area contributed by atoms with Gasteiger partial charge < -0.3 is 24.8 Å². The minimum atomic E-state index is -1.07. The van der Waals surface area contributed by atoms with Gasteiger partial charge >= 0.3 is 5.97 Å². The minimum absolute atomic E-state index is 0.0683. The molecule has 88 valence electrons. The van der Waals surface area contributed by atoms with E-state index in [9.17, 15) is 15.0 Å². The second kappa shape index (κ2) is 5.41. The van der Waals surface area contributed by atoms with Crippen LogP contribution in [0.25, 0.3) is 0 Å². The summed E-state index contributed by atoms with van der Waals surface area (Å²) in [5, 5.41) is 28.2. The third-order valence-corrected chi connectivity index (χ3v) is 2.21. The summed E-state index contributed by atoms with van der Waals surface area (Å²) in [6, 6.07) is 0. The normalized spacial score (nSPS) is 33.5. The predicted molar refractivity (Wildman–Crippen MR) is 49.0 cm³/mol. The highest BCUT2D eigenvalue weighted by Gasteiger charge is 2.34. The zero-order valence-electron chi connectivity index (χ0n) is 8.50. The molecule has 0 bridgehead atoms. The lowest BCUT2D eigenvalue weighted by atomic mass is 10.00. The molecule has 3 N–H and O–H groups in total. The molecule has 0 spiro atoms. The predicted octanol–water partition coefficient (Wildman–Crippen LogP) is -1.58. The summed E-state index contributed by atoms with van der Waals surface area (Å²) in [7, 11) is 0. The standard InChI is InChI=1S/C9H16O6/c1-5(10)14-4-8(13)9-7(12)2-6(11)3-15-9/h6-9,11-13H,2-4H2,1H3/t6-,7?,8+,9-/m0/s1. The molecule has 4 atom stereocenters. The van der Waals surface area contributed by atoms with Crippen molar-refractivity contribution in [3.63, 3.8) is 0 Å². The molecule has 1 heterocycles. The van der Waals surface area contributed by atoms with Crippen LogP contribution in [0, 0.1) is 0 Å². The van der Waals surface area contributed by atoms with E-state index in [1.54, 1.807) is 0 Å². The quantitative estimate of drug-likeness (QED) is 0.497. The Balaban J connectivity index is 2.38. The van der Waals surface area contributed by atoms with E-state index in [1.807, 2.05) is 0 Å². The summed E-state index contributed by atoms with van der Waals surface area (Å²) >= 11 is 0. The van der Waals surface area contributed by atoms with Crippen molar-refractivity contribution in [1.29, 1.82) is 0 Å². The maximum atomic E-state index is 10.5. The Kier molecular flexibility index (Phi) is 4.46. The number of ether oxygens (including phenoxy) is 2. The van der Waals surface area contributed by atoms with Gasteiger partial charge in [-0.3, -0.25) is 4.79 Å². The number of carbonyl (C=O) groups excluding carboxylic acids is 1. The topological polar surface area (TPSA) is 96.2 Å². The van der Waals surface area contributed by atoms with Crippen LogP contribution in [0.1, 0.15) is 13.3 Å². The molecule has 1 aliphatic heterocycles. The minimum Gasteiger partial charge on any atom is -0.463 e. The van der Waals surface area contributed by atoms with Crippen molar-refractivity contribution in [2.45, 2.75) is 37.8 Å². The fourth-order valence-electron chi connectivity index (χ4n) is 1.48. The van der Waals surface area contributed by atoms with Gasteiger partial charge in [-0.15, -0.1) is 0 Å². The Bertz CT molecular complexity index is 219. The Morgan fingerprint density at radius 3 is 2.80 bits per heavy atom. The molecular formula is C9H16O6. The van der Waals surface area contributed by atoms with Gasteiger partial charge in [0.15, 0.2) is 0 Å². The van der Waals surface area contributed by atoms with Crippen LogP contribution in [0.3, 0.4) is 0 Å². The lowest BCUT2D eigenvalue weighted by Crippen LogP contribution is -2.49.